The molecule has 0 aliphatic rings. The molecule has 3 aromatic rings. The number of rotatable bonds is 4. The molecular formula is C19H20FN3O3. The lowest BCUT2D eigenvalue weighted by Gasteiger charge is -2.19. The van der Waals surface area contributed by atoms with Crippen molar-refractivity contribution in [2.75, 3.05) is 5.32 Å². The summed E-state index contributed by atoms with van der Waals surface area (Å²) >= 11 is 0. The highest BCUT2D eigenvalue weighted by Crippen LogP contribution is 2.26. The Kier molecular flexibility index (Phi) is 4.79. The number of halogens is 1. The Morgan fingerprint density at radius 3 is 2.69 bits per heavy atom. The van der Waals surface area contributed by atoms with Gasteiger partial charge in [-0.2, -0.15) is 5.10 Å². The first-order valence-electron chi connectivity index (χ1n) is 8.15. The number of nitrogens with one attached hydrogen (secondary N) is 1. The molecule has 0 saturated heterocycles. The smallest absolute Gasteiger partial charge is 0.412 e. The third-order valence-electron chi connectivity index (χ3n) is 3.41. The van der Waals surface area contributed by atoms with E-state index in [-0.39, 0.29) is 11.2 Å². The summed E-state index contributed by atoms with van der Waals surface area (Å²) in [5, 5.41) is 6.59. The van der Waals surface area contributed by atoms with Crippen molar-refractivity contribution in [3.05, 3.63) is 60.2 Å². The zero-order valence-corrected chi connectivity index (χ0v) is 14.8. The monoisotopic (exact) mass is 357 g/mol. The van der Waals surface area contributed by atoms with Crippen LogP contribution in [0, 0.1) is 5.82 Å². The number of pyridine rings is 1. The van der Waals surface area contributed by atoms with Gasteiger partial charge in [0.2, 0.25) is 0 Å². The van der Waals surface area contributed by atoms with Crippen molar-refractivity contribution in [3.63, 3.8) is 0 Å². The lowest BCUT2D eigenvalue weighted by atomic mass is 10.2. The van der Waals surface area contributed by atoms with Gasteiger partial charge in [0.1, 0.15) is 17.7 Å². The minimum atomic E-state index is -0.663. The fourth-order valence-corrected chi connectivity index (χ4v) is 2.38. The van der Waals surface area contributed by atoms with Gasteiger partial charge >= 0.3 is 6.09 Å². The Balaban J connectivity index is 1.77. The number of hydrogen-bond acceptors (Lipinski definition) is 4. The SMILES string of the molecule is CC(C)(C)OC(=O)Nc1cc(F)c2c(OCc3ccccc3)cnn2c1. The molecule has 0 bridgehead atoms. The highest BCUT2D eigenvalue weighted by atomic mass is 19.1. The molecule has 1 N–H and O–H groups in total. The maximum atomic E-state index is 14.5. The predicted octanol–water partition coefficient (Wildman–Crippen LogP) is 4.40. The highest BCUT2D eigenvalue weighted by Gasteiger charge is 2.18. The molecule has 2 heterocycles. The van der Waals surface area contributed by atoms with E-state index < -0.39 is 17.5 Å². The number of carbonyl (C=O) groups excluding carboxylic acids is 1. The predicted molar refractivity (Wildman–Crippen MR) is 95.8 cm³/mol. The van der Waals surface area contributed by atoms with Crippen LogP contribution < -0.4 is 10.1 Å². The van der Waals surface area contributed by atoms with E-state index in [1.54, 1.807) is 20.8 Å². The van der Waals surface area contributed by atoms with E-state index in [0.29, 0.717) is 12.4 Å². The summed E-state index contributed by atoms with van der Waals surface area (Å²) in [4.78, 5) is 11.8. The zero-order valence-electron chi connectivity index (χ0n) is 14.8. The molecule has 7 heteroatoms. The molecule has 26 heavy (non-hydrogen) atoms. The number of hydrogen-bond donors (Lipinski definition) is 1. The second-order valence-electron chi connectivity index (χ2n) is 6.78. The Labute approximate surface area is 150 Å². The minimum Gasteiger partial charge on any atom is -0.485 e. The maximum absolute atomic E-state index is 14.5. The molecular weight excluding hydrogens is 337 g/mol. The molecule has 0 saturated carbocycles. The lowest BCUT2D eigenvalue weighted by Crippen LogP contribution is -2.27. The quantitative estimate of drug-likeness (QED) is 0.752. The van der Waals surface area contributed by atoms with Crippen LogP contribution in [-0.2, 0) is 11.3 Å². The van der Waals surface area contributed by atoms with Crippen LogP contribution in [0.3, 0.4) is 0 Å². The summed E-state index contributed by atoms with van der Waals surface area (Å²) in [7, 11) is 0. The van der Waals surface area contributed by atoms with Crippen LogP contribution in [0.15, 0.2) is 48.8 Å². The second-order valence-corrected chi connectivity index (χ2v) is 6.78. The molecule has 0 aliphatic heterocycles. The fraction of sp³-hybridized carbons (Fsp3) is 0.263. The molecule has 6 nitrogen and oxygen atoms in total. The van der Waals surface area contributed by atoms with Gasteiger partial charge in [0.05, 0.1) is 18.1 Å². The van der Waals surface area contributed by atoms with Crippen LogP contribution in [0.2, 0.25) is 0 Å². The molecule has 0 radical (unpaired) electrons. The van der Waals surface area contributed by atoms with Crippen molar-refractivity contribution in [1.29, 1.82) is 0 Å². The van der Waals surface area contributed by atoms with E-state index in [9.17, 15) is 9.18 Å². The summed E-state index contributed by atoms with van der Waals surface area (Å²) < 4.78 is 26.7. The fourth-order valence-electron chi connectivity index (χ4n) is 2.38. The third kappa shape index (κ3) is 4.30. The zero-order chi connectivity index (χ0) is 18.7. The van der Waals surface area contributed by atoms with E-state index in [4.69, 9.17) is 9.47 Å². The molecule has 0 spiro atoms. The van der Waals surface area contributed by atoms with Gasteiger partial charge < -0.3 is 9.47 Å². The number of nitrogens with zero attached hydrogens (tertiary/aromatic N) is 2. The van der Waals surface area contributed by atoms with Gasteiger partial charge in [-0.25, -0.2) is 13.7 Å². The molecule has 1 aromatic carbocycles. The first-order chi connectivity index (χ1) is 12.3. The van der Waals surface area contributed by atoms with Crippen molar-refractivity contribution < 1.29 is 18.7 Å². The van der Waals surface area contributed by atoms with Crippen LogP contribution in [0.25, 0.3) is 5.52 Å². The molecule has 3 rings (SSSR count). The first kappa shape index (κ1) is 17.7. The van der Waals surface area contributed by atoms with Crippen LogP contribution in [-0.4, -0.2) is 21.3 Å². The van der Waals surface area contributed by atoms with E-state index in [1.807, 2.05) is 30.3 Å². The average Bonchev–Trinajstić information content (AvgIpc) is 2.95. The van der Waals surface area contributed by atoms with Crippen LogP contribution in [0.4, 0.5) is 14.9 Å². The topological polar surface area (TPSA) is 64.9 Å². The van der Waals surface area contributed by atoms with Gasteiger partial charge in [0, 0.05) is 6.07 Å². The van der Waals surface area contributed by atoms with E-state index in [2.05, 4.69) is 10.4 Å². The number of fused-ring (bicyclic) bond motifs is 1. The second kappa shape index (κ2) is 7.03. The van der Waals surface area contributed by atoms with Gasteiger partial charge in [0.15, 0.2) is 11.6 Å². The Morgan fingerprint density at radius 2 is 2.00 bits per heavy atom. The third-order valence-corrected chi connectivity index (χ3v) is 3.41. The Bertz CT molecular complexity index is 917. The number of aromatic nitrogens is 2. The lowest BCUT2D eigenvalue weighted by molar-refractivity contribution is 0.0636. The Hall–Kier alpha value is -3.09. The van der Waals surface area contributed by atoms with Crippen LogP contribution in [0.1, 0.15) is 26.3 Å². The number of anilines is 1. The largest absolute Gasteiger partial charge is 0.485 e. The number of ether oxygens (including phenoxy) is 2. The summed E-state index contributed by atoms with van der Waals surface area (Å²) in [6.07, 6.45) is 2.28. The van der Waals surface area contributed by atoms with Crippen molar-refractivity contribution in [2.24, 2.45) is 0 Å². The van der Waals surface area contributed by atoms with Crippen molar-refractivity contribution in [1.82, 2.24) is 9.61 Å². The van der Waals surface area contributed by atoms with Gasteiger partial charge in [-0.3, -0.25) is 5.32 Å². The van der Waals surface area contributed by atoms with E-state index in [0.717, 1.165) is 5.56 Å². The molecule has 0 fully saturated rings. The van der Waals surface area contributed by atoms with Crippen molar-refractivity contribution in [2.45, 2.75) is 33.0 Å². The van der Waals surface area contributed by atoms with E-state index >= 15 is 0 Å². The van der Waals surface area contributed by atoms with Gasteiger partial charge in [-0.15, -0.1) is 0 Å². The summed E-state index contributed by atoms with van der Waals surface area (Å²) in [6.45, 7) is 5.56. The number of carbonyl (C=O) groups is 1. The minimum absolute atomic E-state index is 0.204. The highest BCUT2D eigenvalue weighted by molar-refractivity contribution is 5.85. The van der Waals surface area contributed by atoms with Gasteiger partial charge in [-0.05, 0) is 26.3 Å². The average molecular weight is 357 g/mol. The molecule has 0 aliphatic carbocycles. The van der Waals surface area contributed by atoms with Crippen molar-refractivity contribution >= 4 is 17.3 Å². The standard InChI is InChI=1S/C19H20FN3O3/c1-19(2,3)26-18(24)22-14-9-15(20)17-16(10-21-23(17)11-14)25-12-13-7-5-4-6-8-13/h4-11H,12H2,1-3H3,(H,22,24). The Morgan fingerprint density at radius 1 is 1.27 bits per heavy atom. The van der Waals surface area contributed by atoms with E-state index in [1.165, 1.54) is 23.0 Å². The molecule has 0 unspecified atom stereocenters. The number of amides is 1. The molecule has 1 amide bonds. The number of benzene rings is 1. The molecule has 2 aromatic heterocycles. The molecule has 0 atom stereocenters. The summed E-state index contributed by atoms with van der Waals surface area (Å²) in [5.74, 6) is -0.228. The van der Waals surface area contributed by atoms with Gasteiger partial charge in [0.25, 0.3) is 0 Å². The van der Waals surface area contributed by atoms with Crippen LogP contribution >= 0.6 is 0 Å². The summed E-state index contributed by atoms with van der Waals surface area (Å²) in [5.41, 5.74) is 0.768. The normalized spacial score (nSPS) is 11.4. The summed E-state index contributed by atoms with van der Waals surface area (Å²) in [6, 6.07) is 10.8. The van der Waals surface area contributed by atoms with Crippen molar-refractivity contribution in [3.8, 4) is 5.75 Å². The molecule has 136 valence electrons. The first-order valence-corrected chi connectivity index (χ1v) is 8.15. The van der Waals surface area contributed by atoms with Crippen LogP contribution in [0.5, 0.6) is 5.75 Å². The maximum Gasteiger partial charge on any atom is 0.412 e. The van der Waals surface area contributed by atoms with Gasteiger partial charge in [-0.1, -0.05) is 30.3 Å².